The van der Waals surface area contributed by atoms with Crippen LogP contribution in [-0.2, 0) is 23.2 Å². The molecule has 0 aliphatic carbocycles. The van der Waals surface area contributed by atoms with Gasteiger partial charge in [-0.1, -0.05) is 150 Å². The van der Waals surface area contributed by atoms with Crippen molar-refractivity contribution in [1.29, 1.82) is 0 Å². The Labute approximate surface area is 322 Å². The molecule has 0 saturated heterocycles. The van der Waals surface area contributed by atoms with Gasteiger partial charge in [0, 0.05) is 18.0 Å². The average molecular weight is 794 g/mol. The first-order chi connectivity index (χ1) is 24.0. The molecule has 53 heavy (non-hydrogen) atoms. The molecule has 2 aromatic heterocycles. The number of benzene rings is 4. The van der Waals surface area contributed by atoms with Crippen molar-refractivity contribution in [2.75, 3.05) is 0 Å². The molecule has 0 spiro atoms. The summed E-state index contributed by atoms with van der Waals surface area (Å²) >= 11 is 16.4. The van der Waals surface area contributed by atoms with E-state index in [9.17, 15) is 26.3 Å². The molecular weight excluding hydrogens is 753 g/mol. The largest absolute Gasteiger partial charge is 0.419 e. The van der Waals surface area contributed by atoms with Crippen LogP contribution in [0.4, 0.5) is 26.3 Å². The van der Waals surface area contributed by atoms with Crippen LogP contribution in [0.15, 0.2) is 97.3 Å². The van der Waals surface area contributed by atoms with E-state index in [0.29, 0.717) is 11.9 Å². The Morgan fingerprint density at radius 1 is 0.509 bits per heavy atom. The molecule has 11 heteroatoms. The maximum absolute atomic E-state index is 12.9. The molecule has 0 unspecified atom stereocenters. The zero-order chi connectivity index (χ0) is 38.8. The molecule has 0 amide bonds. The highest BCUT2D eigenvalue weighted by atomic mass is 35.5. The van der Waals surface area contributed by atoms with Crippen LogP contribution >= 0.6 is 34.8 Å². The van der Waals surface area contributed by atoms with Crippen LogP contribution in [0.1, 0.15) is 76.8 Å². The minimum atomic E-state index is -4.51. The molecular formula is C42H41Cl3F6N2. The van der Waals surface area contributed by atoms with E-state index in [4.69, 9.17) is 34.8 Å². The predicted octanol–water partition coefficient (Wildman–Crippen LogP) is 15.4. The first-order valence-electron chi connectivity index (χ1n) is 16.1. The summed E-state index contributed by atoms with van der Waals surface area (Å²) in [5.74, 6) is 0. The monoisotopic (exact) mass is 792 g/mol. The number of nitrogens with zero attached hydrogens (tertiary/aromatic N) is 2. The summed E-state index contributed by atoms with van der Waals surface area (Å²) in [7, 11) is 0. The summed E-state index contributed by atoms with van der Waals surface area (Å²) in [4.78, 5) is 7.27. The lowest BCUT2D eigenvalue weighted by Crippen LogP contribution is -2.12. The van der Waals surface area contributed by atoms with Crippen LogP contribution < -0.4 is 0 Å². The third-order valence-electron chi connectivity index (χ3n) is 8.06. The van der Waals surface area contributed by atoms with Crippen molar-refractivity contribution in [2.24, 2.45) is 0 Å². The van der Waals surface area contributed by atoms with E-state index in [2.05, 4.69) is 94.8 Å². The molecule has 2 heterocycles. The first-order valence-corrected chi connectivity index (χ1v) is 17.2. The Hall–Kier alpha value is -3.85. The maximum atomic E-state index is 12.9. The van der Waals surface area contributed by atoms with Gasteiger partial charge in [-0.05, 0) is 74.7 Å². The molecule has 6 aromatic rings. The third-order valence-corrected chi connectivity index (χ3v) is 8.90. The fourth-order valence-corrected chi connectivity index (χ4v) is 6.31. The third kappa shape index (κ3) is 11.1. The fourth-order valence-electron chi connectivity index (χ4n) is 5.57. The van der Waals surface area contributed by atoms with Gasteiger partial charge in [0.2, 0.25) is 0 Å². The molecule has 0 aliphatic heterocycles. The highest BCUT2D eigenvalue weighted by molar-refractivity contribution is 6.34. The van der Waals surface area contributed by atoms with E-state index in [1.54, 1.807) is 0 Å². The summed E-state index contributed by atoms with van der Waals surface area (Å²) in [6.07, 6.45) is -7.59. The number of pyridine rings is 2. The minimum absolute atomic E-state index is 0. The molecule has 0 fully saturated rings. The quantitative estimate of drug-likeness (QED) is 0.122. The van der Waals surface area contributed by atoms with Gasteiger partial charge >= 0.3 is 12.4 Å². The van der Waals surface area contributed by atoms with E-state index in [1.807, 2.05) is 36.4 Å². The fraction of sp³-hybridized carbons (Fsp3) is 0.286. The number of fused-ring (bicyclic) bond motifs is 2. The smallest absolute Gasteiger partial charge is 0.256 e. The highest BCUT2D eigenvalue weighted by Gasteiger charge is 2.34. The second kappa shape index (κ2) is 16.7. The van der Waals surface area contributed by atoms with Crippen molar-refractivity contribution in [3.05, 3.63) is 140 Å². The topological polar surface area (TPSA) is 25.8 Å². The standard InChI is InChI=1S/C20H17ClF3N.C15H18.C6H2Cl2F3N.CH4/c1-19(2,3)15-9-13(8-12-6-4-5-7-14(12)15)18-10-17(21)16(11-25-18)20(22,23)24;1-11-9-12-7-5-6-8-13(12)14(10-11)15(2,3)4;7-4-1-5(8)12-2-3(4)6(9,10)11;/h4-11H,1-3H3;5-10H,1-4H3;1-2H;1H4. The Morgan fingerprint density at radius 2 is 0.943 bits per heavy atom. The van der Waals surface area contributed by atoms with Gasteiger partial charge in [0.05, 0.1) is 26.9 Å². The van der Waals surface area contributed by atoms with Gasteiger partial charge in [0.25, 0.3) is 0 Å². The van der Waals surface area contributed by atoms with Gasteiger partial charge in [-0.3, -0.25) is 4.98 Å². The van der Waals surface area contributed by atoms with Crippen molar-refractivity contribution in [2.45, 2.75) is 79.1 Å². The van der Waals surface area contributed by atoms with E-state index in [0.717, 1.165) is 34.2 Å². The molecule has 282 valence electrons. The summed E-state index contributed by atoms with van der Waals surface area (Å²) < 4.78 is 74.7. The predicted molar refractivity (Wildman–Crippen MR) is 209 cm³/mol. The van der Waals surface area contributed by atoms with Gasteiger partial charge < -0.3 is 0 Å². The van der Waals surface area contributed by atoms with Crippen molar-refractivity contribution < 1.29 is 26.3 Å². The minimum Gasteiger partial charge on any atom is -0.256 e. The molecule has 6 rings (SSSR count). The molecule has 0 bridgehead atoms. The number of alkyl halides is 6. The summed E-state index contributed by atoms with van der Waals surface area (Å²) in [5.41, 5.74) is 3.27. The highest BCUT2D eigenvalue weighted by Crippen LogP contribution is 2.39. The van der Waals surface area contributed by atoms with Crippen molar-refractivity contribution in [3.63, 3.8) is 0 Å². The lowest BCUT2D eigenvalue weighted by molar-refractivity contribution is -0.138. The van der Waals surface area contributed by atoms with Crippen molar-refractivity contribution >= 4 is 56.3 Å². The van der Waals surface area contributed by atoms with E-state index >= 15 is 0 Å². The number of hydrogen-bond acceptors (Lipinski definition) is 2. The number of aromatic nitrogens is 2. The molecule has 2 nitrogen and oxygen atoms in total. The average Bonchev–Trinajstić information content (AvgIpc) is 3.02. The number of halogens is 9. The van der Waals surface area contributed by atoms with Crippen LogP contribution in [0.25, 0.3) is 32.8 Å². The van der Waals surface area contributed by atoms with Crippen LogP contribution in [-0.4, -0.2) is 9.97 Å². The maximum Gasteiger partial charge on any atom is 0.419 e. The Kier molecular flexibility index (Phi) is 13.7. The normalized spacial score (nSPS) is 12.0. The molecule has 0 radical (unpaired) electrons. The Balaban J connectivity index is 0.000000231. The van der Waals surface area contributed by atoms with E-state index in [1.165, 1.54) is 28.0 Å². The van der Waals surface area contributed by atoms with Crippen molar-refractivity contribution in [1.82, 2.24) is 9.97 Å². The molecule has 4 aromatic carbocycles. The van der Waals surface area contributed by atoms with E-state index in [-0.39, 0.29) is 28.4 Å². The first kappa shape index (κ1) is 43.6. The molecule has 0 saturated carbocycles. The molecule has 0 N–H and O–H groups in total. The number of hydrogen-bond donors (Lipinski definition) is 0. The second-order valence-electron chi connectivity index (χ2n) is 14.3. The van der Waals surface area contributed by atoms with Gasteiger partial charge in [-0.2, -0.15) is 26.3 Å². The molecule has 0 aliphatic rings. The van der Waals surface area contributed by atoms with Gasteiger partial charge in [-0.15, -0.1) is 0 Å². The summed E-state index contributed by atoms with van der Waals surface area (Å²) in [6.45, 7) is 15.3. The second-order valence-corrected chi connectivity index (χ2v) is 15.5. The summed E-state index contributed by atoms with van der Waals surface area (Å²) in [5, 5.41) is 4.02. The zero-order valence-electron chi connectivity index (χ0n) is 29.5. The van der Waals surface area contributed by atoms with Crippen molar-refractivity contribution in [3.8, 4) is 11.3 Å². The van der Waals surface area contributed by atoms with Gasteiger partial charge in [-0.25, -0.2) is 4.98 Å². The number of aryl methyl sites for hydroxylation is 1. The Bertz CT molecular complexity index is 2200. The van der Waals surface area contributed by atoms with Crippen LogP contribution in [0, 0.1) is 6.92 Å². The van der Waals surface area contributed by atoms with Gasteiger partial charge in [0.15, 0.2) is 0 Å². The SMILES string of the molecule is C.CC(C)(C)c1cc(-c2cc(Cl)c(C(F)(F)F)cn2)cc2ccccc12.Cc1cc(C(C)(C)C)c2ccccc2c1.FC(F)(F)c1cnc(Cl)cc1Cl. The van der Waals surface area contributed by atoms with Crippen LogP contribution in [0.3, 0.4) is 0 Å². The summed E-state index contributed by atoms with van der Waals surface area (Å²) in [6, 6.07) is 27.3. The Morgan fingerprint density at radius 3 is 1.40 bits per heavy atom. The van der Waals surface area contributed by atoms with Crippen LogP contribution in [0.2, 0.25) is 15.2 Å². The van der Waals surface area contributed by atoms with E-state index < -0.39 is 28.5 Å². The molecule has 0 atom stereocenters. The van der Waals surface area contributed by atoms with Gasteiger partial charge in [0.1, 0.15) is 5.15 Å². The number of rotatable bonds is 1. The zero-order valence-corrected chi connectivity index (χ0v) is 31.8. The lowest BCUT2D eigenvalue weighted by atomic mass is 9.82. The lowest BCUT2D eigenvalue weighted by Gasteiger charge is -2.22. The van der Waals surface area contributed by atoms with Crippen LogP contribution in [0.5, 0.6) is 0 Å².